The lowest BCUT2D eigenvalue weighted by Crippen LogP contribution is -2.35. The van der Waals surface area contributed by atoms with Gasteiger partial charge in [0.05, 0.1) is 18.5 Å². The van der Waals surface area contributed by atoms with E-state index in [0.29, 0.717) is 11.3 Å². The standard InChI is InChI=1S/C15H15N3O5/c1-9(11-5-4-10(19)7-12(11)20)17-18-14(21)8-16-15(22)13-3-2-6-23-13/h2-7,19-20H,8H2,1H3,(H,16,22)(H,18,21)/b17-9+. The molecule has 23 heavy (non-hydrogen) atoms. The largest absolute Gasteiger partial charge is 0.508 e. The number of hydrazone groups is 1. The van der Waals surface area contributed by atoms with E-state index >= 15 is 0 Å². The third-order valence-electron chi connectivity index (χ3n) is 2.87. The fraction of sp³-hybridized carbons (Fsp3) is 0.133. The van der Waals surface area contributed by atoms with Crippen molar-refractivity contribution >= 4 is 17.5 Å². The predicted molar refractivity (Wildman–Crippen MR) is 81.2 cm³/mol. The van der Waals surface area contributed by atoms with Gasteiger partial charge in [0.25, 0.3) is 11.8 Å². The van der Waals surface area contributed by atoms with Gasteiger partial charge >= 0.3 is 0 Å². The van der Waals surface area contributed by atoms with E-state index in [2.05, 4.69) is 15.8 Å². The van der Waals surface area contributed by atoms with Gasteiger partial charge in [0.15, 0.2) is 5.76 Å². The lowest BCUT2D eigenvalue weighted by molar-refractivity contribution is -0.120. The summed E-state index contributed by atoms with van der Waals surface area (Å²) in [4.78, 5) is 23.2. The van der Waals surface area contributed by atoms with E-state index in [-0.39, 0.29) is 23.8 Å². The predicted octanol–water partition coefficient (Wildman–Crippen LogP) is 0.961. The van der Waals surface area contributed by atoms with Gasteiger partial charge in [0.1, 0.15) is 11.5 Å². The number of hydrogen-bond acceptors (Lipinski definition) is 6. The number of amides is 2. The Kier molecular flexibility index (Phi) is 4.98. The molecule has 2 aromatic rings. The third kappa shape index (κ3) is 4.34. The number of furan rings is 1. The Morgan fingerprint density at radius 3 is 2.70 bits per heavy atom. The maximum Gasteiger partial charge on any atom is 0.287 e. The van der Waals surface area contributed by atoms with Crippen molar-refractivity contribution in [2.24, 2.45) is 5.10 Å². The highest BCUT2D eigenvalue weighted by molar-refractivity contribution is 6.01. The van der Waals surface area contributed by atoms with Crippen LogP contribution in [0, 0.1) is 0 Å². The van der Waals surface area contributed by atoms with Crippen molar-refractivity contribution in [3.05, 3.63) is 47.9 Å². The summed E-state index contributed by atoms with van der Waals surface area (Å²) in [5.74, 6) is -1.19. The minimum Gasteiger partial charge on any atom is -0.508 e. The Labute approximate surface area is 131 Å². The number of phenolic OH excluding ortho intramolecular Hbond substituents is 2. The molecule has 8 heteroatoms. The summed E-state index contributed by atoms with van der Waals surface area (Å²) in [6.07, 6.45) is 1.35. The number of carbonyl (C=O) groups excluding carboxylic acids is 2. The molecule has 0 radical (unpaired) electrons. The highest BCUT2D eigenvalue weighted by atomic mass is 16.3. The molecule has 0 unspecified atom stereocenters. The fourth-order valence-electron chi connectivity index (χ4n) is 1.73. The topological polar surface area (TPSA) is 124 Å². The molecule has 0 spiro atoms. The smallest absolute Gasteiger partial charge is 0.287 e. The van der Waals surface area contributed by atoms with Gasteiger partial charge in [-0.05, 0) is 31.2 Å². The van der Waals surface area contributed by atoms with Crippen molar-refractivity contribution in [1.29, 1.82) is 0 Å². The highest BCUT2D eigenvalue weighted by Gasteiger charge is 2.10. The zero-order chi connectivity index (χ0) is 16.8. The summed E-state index contributed by atoms with van der Waals surface area (Å²) < 4.78 is 4.89. The summed E-state index contributed by atoms with van der Waals surface area (Å²) >= 11 is 0. The first-order valence-corrected chi connectivity index (χ1v) is 6.64. The Morgan fingerprint density at radius 1 is 1.26 bits per heavy atom. The van der Waals surface area contributed by atoms with Crippen LogP contribution < -0.4 is 10.7 Å². The summed E-state index contributed by atoms with van der Waals surface area (Å²) in [7, 11) is 0. The molecule has 2 rings (SSSR count). The Hall–Kier alpha value is -3.29. The van der Waals surface area contributed by atoms with E-state index in [1.54, 1.807) is 13.0 Å². The maximum atomic E-state index is 11.6. The normalized spacial score (nSPS) is 11.1. The molecule has 1 heterocycles. The van der Waals surface area contributed by atoms with Crippen molar-refractivity contribution in [3.63, 3.8) is 0 Å². The van der Waals surface area contributed by atoms with Gasteiger partial charge in [-0.15, -0.1) is 0 Å². The lowest BCUT2D eigenvalue weighted by Gasteiger charge is -2.06. The van der Waals surface area contributed by atoms with Crippen molar-refractivity contribution < 1.29 is 24.2 Å². The van der Waals surface area contributed by atoms with Crippen LogP contribution in [-0.2, 0) is 4.79 Å². The molecule has 2 amide bonds. The molecule has 0 aliphatic carbocycles. The molecule has 0 aliphatic rings. The molecular weight excluding hydrogens is 302 g/mol. The number of nitrogens with one attached hydrogen (secondary N) is 2. The molecule has 8 nitrogen and oxygen atoms in total. The number of nitrogens with zero attached hydrogens (tertiary/aromatic N) is 1. The first-order valence-electron chi connectivity index (χ1n) is 6.64. The highest BCUT2D eigenvalue weighted by Crippen LogP contribution is 2.22. The monoisotopic (exact) mass is 317 g/mol. The van der Waals surface area contributed by atoms with Crippen LogP contribution in [0.3, 0.4) is 0 Å². The van der Waals surface area contributed by atoms with Crippen molar-refractivity contribution in [1.82, 2.24) is 10.7 Å². The van der Waals surface area contributed by atoms with Crippen LogP contribution in [0.15, 0.2) is 46.1 Å². The van der Waals surface area contributed by atoms with Crippen molar-refractivity contribution in [3.8, 4) is 11.5 Å². The summed E-state index contributed by atoms with van der Waals surface area (Å²) in [5.41, 5.74) is 2.96. The van der Waals surface area contributed by atoms with Crippen LogP contribution in [0.1, 0.15) is 23.0 Å². The molecule has 4 N–H and O–H groups in total. The molecule has 0 bridgehead atoms. The Morgan fingerprint density at radius 2 is 2.04 bits per heavy atom. The number of benzene rings is 1. The van der Waals surface area contributed by atoms with Gasteiger partial charge in [0.2, 0.25) is 0 Å². The average Bonchev–Trinajstić information content (AvgIpc) is 3.04. The van der Waals surface area contributed by atoms with Crippen LogP contribution in [0.2, 0.25) is 0 Å². The average molecular weight is 317 g/mol. The second-order valence-electron chi connectivity index (χ2n) is 4.59. The zero-order valence-corrected chi connectivity index (χ0v) is 12.2. The van der Waals surface area contributed by atoms with E-state index < -0.39 is 11.8 Å². The third-order valence-corrected chi connectivity index (χ3v) is 2.87. The molecule has 0 fully saturated rings. The molecular formula is C15H15N3O5. The summed E-state index contributed by atoms with van der Waals surface area (Å²) in [6, 6.07) is 7.06. The quantitative estimate of drug-likeness (QED) is 0.483. The van der Waals surface area contributed by atoms with E-state index in [1.165, 1.54) is 30.5 Å². The minimum absolute atomic E-state index is 0.0799. The summed E-state index contributed by atoms with van der Waals surface area (Å²) in [6.45, 7) is 1.30. The fourth-order valence-corrected chi connectivity index (χ4v) is 1.73. The second kappa shape index (κ2) is 7.12. The first-order chi connectivity index (χ1) is 11.0. The van der Waals surface area contributed by atoms with Gasteiger partial charge in [-0.25, -0.2) is 5.43 Å². The number of aromatic hydroxyl groups is 2. The molecule has 0 saturated carbocycles. The van der Waals surface area contributed by atoms with Gasteiger partial charge in [-0.2, -0.15) is 5.10 Å². The van der Waals surface area contributed by atoms with Crippen molar-refractivity contribution in [2.45, 2.75) is 6.92 Å². The van der Waals surface area contributed by atoms with Crippen LogP contribution >= 0.6 is 0 Å². The first kappa shape index (κ1) is 16.1. The van der Waals surface area contributed by atoms with E-state index in [9.17, 15) is 19.8 Å². The number of carbonyl (C=O) groups is 2. The van der Waals surface area contributed by atoms with Gasteiger partial charge < -0.3 is 19.9 Å². The van der Waals surface area contributed by atoms with Crippen molar-refractivity contribution in [2.75, 3.05) is 6.54 Å². The van der Waals surface area contributed by atoms with Crippen LogP contribution in [-0.4, -0.2) is 34.3 Å². The Bertz CT molecular complexity index is 738. The SMILES string of the molecule is C/C(=N\NC(=O)CNC(=O)c1ccco1)c1ccc(O)cc1O. The zero-order valence-electron chi connectivity index (χ0n) is 12.2. The van der Waals surface area contributed by atoms with Gasteiger partial charge in [0, 0.05) is 11.6 Å². The molecule has 0 atom stereocenters. The second-order valence-corrected chi connectivity index (χ2v) is 4.59. The molecule has 120 valence electrons. The minimum atomic E-state index is -0.539. The molecule has 0 aliphatic heterocycles. The molecule has 1 aromatic heterocycles. The van der Waals surface area contributed by atoms with E-state index in [1.807, 2.05) is 0 Å². The molecule has 0 saturated heterocycles. The van der Waals surface area contributed by atoms with Crippen LogP contribution in [0.25, 0.3) is 0 Å². The van der Waals surface area contributed by atoms with Crippen LogP contribution in [0.4, 0.5) is 0 Å². The lowest BCUT2D eigenvalue weighted by atomic mass is 10.1. The summed E-state index contributed by atoms with van der Waals surface area (Å²) in [5, 5.41) is 25.1. The van der Waals surface area contributed by atoms with Gasteiger partial charge in [-0.3, -0.25) is 9.59 Å². The number of phenols is 2. The number of rotatable bonds is 5. The number of hydrogen-bond donors (Lipinski definition) is 4. The van der Waals surface area contributed by atoms with Gasteiger partial charge in [-0.1, -0.05) is 0 Å². The van der Waals surface area contributed by atoms with Crippen LogP contribution in [0.5, 0.6) is 11.5 Å². The molecule has 1 aromatic carbocycles. The van der Waals surface area contributed by atoms with E-state index in [0.717, 1.165) is 0 Å². The van der Waals surface area contributed by atoms with E-state index in [4.69, 9.17) is 4.42 Å². The maximum absolute atomic E-state index is 11.6. The Balaban J connectivity index is 1.88.